The number of halogens is 3. The highest BCUT2D eigenvalue weighted by Crippen LogP contribution is 2.43. The number of hydrogen-bond acceptors (Lipinski definition) is 6. The zero-order valence-corrected chi connectivity index (χ0v) is 28.4. The number of azide groups is 1. The Balaban J connectivity index is 1.55. The lowest BCUT2D eigenvalue weighted by atomic mass is 9.81. The van der Waals surface area contributed by atoms with Crippen LogP contribution in [0.3, 0.4) is 0 Å². The van der Waals surface area contributed by atoms with E-state index in [1.54, 1.807) is 24.3 Å². The van der Waals surface area contributed by atoms with Crippen molar-refractivity contribution in [2.75, 3.05) is 19.8 Å². The molecule has 1 aliphatic heterocycles. The average Bonchev–Trinajstić information content (AvgIpc) is 3.46. The van der Waals surface area contributed by atoms with Crippen molar-refractivity contribution in [3.8, 4) is 5.75 Å². The summed E-state index contributed by atoms with van der Waals surface area (Å²) in [6.45, 7) is 0.847. The topological polar surface area (TPSA) is 129 Å². The Morgan fingerprint density at radius 1 is 1.04 bits per heavy atom. The first-order valence-electron chi connectivity index (χ1n) is 15.0. The summed E-state index contributed by atoms with van der Waals surface area (Å²) in [5.41, 5.74) is 11.5. The Morgan fingerprint density at radius 2 is 1.79 bits per heavy atom. The maximum Gasteiger partial charge on any atom is 0.252 e. The Morgan fingerprint density at radius 3 is 2.49 bits per heavy atom. The molecule has 9 nitrogen and oxygen atoms in total. The Labute approximate surface area is 291 Å². The van der Waals surface area contributed by atoms with E-state index < -0.39 is 11.6 Å². The summed E-state index contributed by atoms with van der Waals surface area (Å²) in [4.78, 5) is 22.6. The van der Waals surface area contributed by atoms with Gasteiger partial charge in [0.15, 0.2) is 11.6 Å². The van der Waals surface area contributed by atoms with E-state index in [4.69, 9.17) is 48.3 Å². The third kappa shape index (κ3) is 8.46. The van der Waals surface area contributed by atoms with Crippen molar-refractivity contribution in [1.82, 2.24) is 5.32 Å². The van der Waals surface area contributed by atoms with E-state index in [1.807, 2.05) is 66.7 Å². The van der Waals surface area contributed by atoms with Crippen LogP contribution >= 0.6 is 39.1 Å². The van der Waals surface area contributed by atoms with Crippen LogP contribution in [0.15, 0.2) is 106 Å². The number of benzene rings is 4. The molecule has 242 valence electrons. The highest BCUT2D eigenvalue weighted by atomic mass is 79.9. The van der Waals surface area contributed by atoms with Gasteiger partial charge in [0.05, 0.1) is 13.2 Å². The molecule has 2 N–H and O–H groups in total. The van der Waals surface area contributed by atoms with Gasteiger partial charge >= 0.3 is 0 Å². The molecule has 0 radical (unpaired) electrons. The summed E-state index contributed by atoms with van der Waals surface area (Å²) < 4.78 is 13.2. The molecule has 0 aromatic heterocycles. The van der Waals surface area contributed by atoms with Gasteiger partial charge in [0, 0.05) is 51.0 Å². The van der Waals surface area contributed by atoms with Crippen LogP contribution in [-0.4, -0.2) is 42.2 Å². The number of carbonyl (C=O) groups excluding carboxylic acids is 1. The normalized spacial score (nSPS) is 16.9. The average molecular weight is 737 g/mol. The summed E-state index contributed by atoms with van der Waals surface area (Å²) in [6, 6.07) is 27.7. The summed E-state index contributed by atoms with van der Waals surface area (Å²) in [6.07, 6.45) is 0.376. The molecule has 5 rings (SSSR count). The zero-order chi connectivity index (χ0) is 33.2. The number of nitrogens with one attached hydrogen (secondary N) is 1. The van der Waals surface area contributed by atoms with Gasteiger partial charge in [-0.3, -0.25) is 4.79 Å². The maximum atomic E-state index is 14.6. The molecule has 47 heavy (non-hydrogen) atoms. The minimum absolute atomic E-state index is 0.0447. The lowest BCUT2D eigenvalue weighted by Crippen LogP contribution is -2.50. The van der Waals surface area contributed by atoms with Crippen molar-refractivity contribution in [3.05, 3.63) is 144 Å². The van der Waals surface area contributed by atoms with E-state index in [9.17, 15) is 4.79 Å². The van der Waals surface area contributed by atoms with Crippen LogP contribution in [0.5, 0.6) is 5.75 Å². The number of ether oxygens (including phenoxy) is 2. The number of aliphatic imine (C=N–C) groups is 1. The maximum absolute atomic E-state index is 14.6. The van der Waals surface area contributed by atoms with Crippen LogP contribution in [0, 0.1) is 0 Å². The van der Waals surface area contributed by atoms with Gasteiger partial charge in [-0.05, 0) is 82.7 Å². The Hall–Kier alpha value is -4.05. The monoisotopic (exact) mass is 735 g/mol. The van der Waals surface area contributed by atoms with Crippen molar-refractivity contribution >= 4 is 50.9 Å². The second-order valence-corrected chi connectivity index (χ2v) is 12.7. The number of hydrogen-bond donors (Lipinski definition) is 2. The van der Waals surface area contributed by atoms with Crippen molar-refractivity contribution in [1.29, 1.82) is 0 Å². The standard InChI is InChI=1S/C35H32BrCl2N5O4/c36-28-11-6-24(7-12-28)32-35(21-26-4-1-2-5-27(26)22-41-43-39,34(45)40-17-16-23-8-13-29(37)20-31(23)38)42-33(47-32)25-9-14-30(15-10-25)46-19-3-18-44/h1-2,4-15,20,32,44H,3,16-19,21-22H2,(H,40,45)/t32-,35-/m1/s1. The number of amides is 1. The second kappa shape index (κ2) is 16.2. The number of carbonyl (C=O) groups is 1. The van der Waals surface area contributed by atoms with Gasteiger partial charge in [0.25, 0.3) is 5.91 Å². The van der Waals surface area contributed by atoms with Crippen LogP contribution in [0.25, 0.3) is 10.4 Å². The lowest BCUT2D eigenvalue weighted by molar-refractivity contribution is -0.128. The van der Waals surface area contributed by atoms with Gasteiger partial charge < -0.3 is 19.9 Å². The summed E-state index contributed by atoms with van der Waals surface area (Å²) in [5, 5.41) is 17.0. The predicted molar refractivity (Wildman–Crippen MR) is 187 cm³/mol. The highest BCUT2D eigenvalue weighted by Gasteiger charge is 2.53. The first kappa shape index (κ1) is 34.3. The van der Waals surface area contributed by atoms with Gasteiger partial charge in [-0.15, -0.1) is 0 Å². The summed E-state index contributed by atoms with van der Waals surface area (Å²) >= 11 is 16.0. The molecule has 0 saturated heterocycles. The second-order valence-electron chi connectivity index (χ2n) is 10.9. The van der Waals surface area contributed by atoms with E-state index in [2.05, 4.69) is 31.3 Å². The third-order valence-corrected chi connectivity index (χ3v) is 8.90. The molecule has 0 spiro atoms. The Bertz CT molecular complexity index is 1780. The summed E-state index contributed by atoms with van der Waals surface area (Å²) in [7, 11) is 0. The number of rotatable bonds is 14. The molecule has 4 aromatic rings. The minimum Gasteiger partial charge on any atom is -0.494 e. The van der Waals surface area contributed by atoms with Crippen LogP contribution in [0.2, 0.25) is 10.0 Å². The smallest absolute Gasteiger partial charge is 0.252 e. The molecular formula is C35H32BrCl2N5O4. The Kier molecular flexibility index (Phi) is 11.8. The van der Waals surface area contributed by atoms with Gasteiger partial charge in [0.1, 0.15) is 5.75 Å². The fraction of sp³-hybridized carbons (Fsp3) is 0.257. The van der Waals surface area contributed by atoms with Gasteiger partial charge in [-0.1, -0.05) is 86.7 Å². The van der Waals surface area contributed by atoms with E-state index in [1.165, 1.54) is 0 Å². The van der Waals surface area contributed by atoms with Crippen LogP contribution in [0.1, 0.15) is 40.3 Å². The third-order valence-electron chi connectivity index (χ3n) is 7.78. The molecule has 12 heteroatoms. The van der Waals surface area contributed by atoms with Gasteiger partial charge in [0.2, 0.25) is 5.90 Å². The molecule has 0 unspecified atom stereocenters. The van der Waals surface area contributed by atoms with E-state index in [0.29, 0.717) is 53.2 Å². The number of aliphatic hydroxyl groups excluding tert-OH is 1. The largest absolute Gasteiger partial charge is 0.494 e. The molecule has 2 atom stereocenters. The van der Waals surface area contributed by atoms with E-state index in [-0.39, 0.29) is 25.5 Å². The SMILES string of the molecule is [N-]=[N+]=NCc1ccccc1C[C@@]1(C(=O)NCCc2ccc(Cl)cc2Cl)N=C(c2ccc(OCCCO)cc2)O[C@@H]1c1ccc(Br)cc1. The predicted octanol–water partition coefficient (Wildman–Crippen LogP) is 8.19. The molecule has 0 aliphatic carbocycles. The zero-order valence-electron chi connectivity index (χ0n) is 25.3. The summed E-state index contributed by atoms with van der Waals surface area (Å²) in [5.74, 6) is 0.624. The molecule has 1 aliphatic rings. The van der Waals surface area contributed by atoms with Gasteiger partial charge in [-0.2, -0.15) is 0 Å². The number of aliphatic hydroxyl groups is 1. The van der Waals surface area contributed by atoms with Gasteiger partial charge in [-0.25, -0.2) is 4.99 Å². The van der Waals surface area contributed by atoms with Crippen molar-refractivity contribution in [2.24, 2.45) is 10.1 Å². The first-order valence-corrected chi connectivity index (χ1v) is 16.5. The molecule has 0 saturated carbocycles. The minimum atomic E-state index is -1.43. The quantitative estimate of drug-likeness (QED) is 0.0586. The molecule has 1 amide bonds. The van der Waals surface area contributed by atoms with Crippen LogP contribution < -0.4 is 10.1 Å². The number of nitrogens with zero attached hydrogens (tertiary/aromatic N) is 4. The lowest BCUT2D eigenvalue weighted by Gasteiger charge is -2.31. The first-order chi connectivity index (χ1) is 22.8. The molecule has 0 bridgehead atoms. The fourth-order valence-electron chi connectivity index (χ4n) is 5.39. The van der Waals surface area contributed by atoms with E-state index >= 15 is 0 Å². The van der Waals surface area contributed by atoms with Crippen molar-refractivity contribution in [3.63, 3.8) is 0 Å². The van der Waals surface area contributed by atoms with Crippen LogP contribution in [0.4, 0.5) is 0 Å². The van der Waals surface area contributed by atoms with Crippen molar-refractivity contribution < 1.29 is 19.4 Å². The molecular weight excluding hydrogens is 705 g/mol. The van der Waals surface area contributed by atoms with Crippen LogP contribution in [-0.2, 0) is 28.9 Å². The molecule has 0 fully saturated rings. The van der Waals surface area contributed by atoms with Crippen molar-refractivity contribution in [2.45, 2.75) is 37.5 Å². The fourth-order valence-corrected chi connectivity index (χ4v) is 6.16. The highest BCUT2D eigenvalue weighted by molar-refractivity contribution is 9.10. The molecule has 4 aromatic carbocycles. The van der Waals surface area contributed by atoms with E-state index in [0.717, 1.165) is 26.7 Å². The molecule has 1 heterocycles.